The van der Waals surface area contributed by atoms with Gasteiger partial charge in [-0.25, -0.2) is 9.37 Å². The van der Waals surface area contributed by atoms with Crippen molar-refractivity contribution in [1.82, 2.24) is 15.2 Å². The lowest BCUT2D eigenvalue weighted by Crippen LogP contribution is -2.42. The highest BCUT2D eigenvalue weighted by molar-refractivity contribution is 6.31. The Balaban J connectivity index is 1.76. The summed E-state index contributed by atoms with van der Waals surface area (Å²) in [7, 11) is 1.35. The van der Waals surface area contributed by atoms with Crippen LogP contribution in [0, 0.1) is 5.82 Å². The molecule has 0 aliphatic heterocycles. The number of carbonyl (C=O) groups excluding carboxylic acids is 1. The molecule has 0 fully saturated rings. The molecule has 5 nitrogen and oxygen atoms in total. The average Bonchev–Trinajstić information content (AvgIpc) is 3.36. The summed E-state index contributed by atoms with van der Waals surface area (Å²) in [6, 6.07) is 5.46. The maximum Gasteiger partial charge on any atom is 0.416 e. The van der Waals surface area contributed by atoms with Crippen LogP contribution in [0.3, 0.4) is 0 Å². The number of nitrogens with one attached hydrogen (secondary N) is 1. The van der Waals surface area contributed by atoms with Gasteiger partial charge in [-0.3, -0.25) is 9.89 Å². The number of carbonyl (C=O) groups is 1. The van der Waals surface area contributed by atoms with E-state index in [2.05, 4.69) is 15.2 Å². The Morgan fingerprint density at radius 3 is 2.15 bits per heavy atom. The number of likely N-dealkylation sites (N-methyl/N-ethyl adjacent to an activating group) is 1. The van der Waals surface area contributed by atoms with Crippen LogP contribution in [-0.4, -0.2) is 28.1 Å². The monoisotopic (exact) mass is 586 g/mol. The first kappa shape index (κ1) is 29.3. The quantitative estimate of drug-likeness (QED) is 0.238. The topological polar surface area (TPSA) is 61.9 Å². The lowest BCUT2D eigenvalue weighted by atomic mass is 9.81. The number of fused-ring (bicyclic) bond motifs is 1. The zero-order valence-corrected chi connectivity index (χ0v) is 22.1. The van der Waals surface area contributed by atoms with E-state index in [1.807, 2.05) is 0 Å². The number of halogens is 8. The van der Waals surface area contributed by atoms with Crippen LogP contribution < -0.4 is 4.90 Å². The molecular weight excluding hydrogens is 565 g/mol. The number of benzene rings is 2. The molecule has 0 bridgehead atoms. The van der Waals surface area contributed by atoms with Gasteiger partial charge in [-0.1, -0.05) is 23.7 Å². The fraction of sp³-hybridized carbons (Fsp3) is 0.296. The highest BCUT2D eigenvalue weighted by atomic mass is 35.5. The minimum absolute atomic E-state index is 0.0141. The zero-order valence-electron chi connectivity index (χ0n) is 21.3. The van der Waals surface area contributed by atoms with Crippen LogP contribution in [0.25, 0.3) is 11.0 Å². The Morgan fingerprint density at radius 1 is 0.950 bits per heavy atom. The summed E-state index contributed by atoms with van der Waals surface area (Å²) in [6.07, 6.45) is -6.82. The van der Waals surface area contributed by atoms with Crippen LogP contribution >= 0.6 is 11.6 Å². The molecule has 0 radical (unpaired) electrons. The molecular formula is C27H22ClF7N4O. The lowest BCUT2D eigenvalue weighted by Gasteiger charge is -2.32. The van der Waals surface area contributed by atoms with E-state index in [0.717, 1.165) is 4.90 Å². The van der Waals surface area contributed by atoms with Crippen LogP contribution in [0.4, 0.5) is 36.4 Å². The van der Waals surface area contributed by atoms with Gasteiger partial charge in [0.2, 0.25) is 5.91 Å². The largest absolute Gasteiger partial charge is 0.416 e. The van der Waals surface area contributed by atoms with Crippen LogP contribution in [0.15, 0.2) is 48.8 Å². The summed E-state index contributed by atoms with van der Waals surface area (Å²) in [5, 5.41) is 7.14. The van der Waals surface area contributed by atoms with Crippen molar-refractivity contribution in [2.75, 3.05) is 11.9 Å². The normalized spacial score (nSPS) is 12.7. The van der Waals surface area contributed by atoms with E-state index in [-0.39, 0.29) is 29.6 Å². The number of H-pyrrole nitrogens is 1. The van der Waals surface area contributed by atoms with Gasteiger partial charge >= 0.3 is 12.4 Å². The van der Waals surface area contributed by atoms with E-state index in [1.165, 1.54) is 45.4 Å². The number of hydrogen-bond acceptors (Lipinski definition) is 3. The predicted molar refractivity (Wildman–Crippen MR) is 136 cm³/mol. The zero-order chi connectivity index (χ0) is 29.6. The third kappa shape index (κ3) is 5.63. The number of anilines is 1. The molecule has 212 valence electrons. The van der Waals surface area contributed by atoms with E-state index in [4.69, 9.17) is 11.6 Å². The predicted octanol–water partition coefficient (Wildman–Crippen LogP) is 7.51. The third-order valence-electron chi connectivity index (χ3n) is 6.76. The number of aromatic nitrogens is 3. The van der Waals surface area contributed by atoms with Gasteiger partial charge in [0.05, 0.1) is 39.6 Å². The molecule has 0 aliphatic carbocycles. The molecule has 2 heterocycles. The second-order valence-electron chi connectivity index (χ2n) is 9.75. The van der Waals surface area contributed by atoms with Crippen LogP contribution in [-0.2, 0) is 35.4 Å². The minimum Gasteiger partial charge on any atom is -0.313 e. The summed E-state index contributed by atoms with van der Waals surface area (Å²) >= 11 is 6.10. The number of aryl methyl sites for hydroxylation is 2. The number of amides is 1. The molecule has 2 aromatic heterocycles. The number of nitrogens with zero attached hydrogens (tertiary/aromatic N) is 3. The molecule has 0 saturated carbocycles. The number of aromatic amines is 1. The van der Waals surface area contributed by atoms with Gasteiger partial charge in [0.15, 0.2) is 5.65 Å². The molecule has 40 heavy (non-hydrogen) atoms. The van der Waals surface area contributed by atoms with Gasteiger partial charge in [-0.2, -0.15) is 31.4 Å². The molecule has 0 atom stereocenters. The number of alkyl halides is 6. The van der Waals surface area contributed by atoms with Crippen molar-refractivity contribution in [2.45, 2.75) is 44.5 Å². The SMILES string of the molecule is CN(C(=O)C(C)(C)c1cc(C(F)(F)F)cc(C(F)(F)F)c1)c1cnc2[nH]ncc2c1CCc1cccc(F)c1Cl. The van der Waals surface area contributed by atoms with Crippen molar-refractivity contribution in [3.63, 3.8) is 0 Å². The van der Waals surface area contributed by atoms with Gasteiger partial charge in [0.1, 0.15) is 5.82 Å². The summed E-state index contributed by atoms with van der Waals surface area (Å²) in [5.41, 5.74) is -3.63. The molecule has 4 aromatic rings. The van der Waals surface area contributed by atoms with Crippen molar-refractivity contribution in [2.24, 2.45) is 0 Å². The summed E-state index contributed by atoms with van der Waals surface area (Å²) in [6.45, 7) is 2.49. The maximum absolute atomic E-state index is 14.0. The van der Waals surface area contributed by atoms with Crippen molar-refractivity contribution in [3.05, 3.63) is 87.4 Å². The first-order chi connectivity index (χ1) is 18.5. The van der Waals surface area contributed by atoms with Crippen molar-refractivity contribution < 1.29 is 35.5 Å². The average molecular weight is 587 g/mol. The third-order valence-corrected chi connectivity index (χ3v) is 7.18. The molecule has 2 aromatic carbocycles. The van der Waals surface area contributed by atoms with E-state index in [1.54, 1.807) is 6.07 Å². The van der Waals surface area contributed by atoms with Crippen LogP contribution in [0.1, 0.15) is 41.7 Å². The number of rotatable bonds is 6. The Hall–Kier alpha value is -3.67. The summed E-state index contributed by atoms with van der Waals surface area (Å²) < 4.78 is 94.9. The Bertz CT molecular complexity index is 1550. The second-order valence-corrected chi connectivity index (χ2v) is 10.1. The Morgan fingerprint density at radius 2 is 1.55 bits per heavy atom. The standard InChI is InChI=1S/C27H22ClF7N4O/c1-25(2,15-9-16(26(30,31)32)11-17(10-15)27(33,34)35)24(40)39(3)21-13-36-23-19(12-37-38-23)18(21)8-7-14-5-4-6-20(29)22(14)28/h4-6,9-13H,7-8H2,1-3H3,(H,36,37,38). The van der Waals surface area contributed by atoms with Crippen LogP contribution in [0.5, 0.6) is 0 Å². The van der Waals surface area contributed by atoms with Gasteiger partial charge in [-0.05, 0) is 67.6 Å². The molecule has 0 saturated heterocycles. The summed E-state index contributed by atoms with van der Waals surface area (Å²) in [4.78, 5) is 19.1. The van der Waals surface area contributed by atoms with Crippen molar-refractivity contribution in [1.29, 1.82) is 0 Å². The second kappa shape index (κ2) is 10.4. The smallest absolute Gasteiger partial charge is 0.313 e. The van der Waals surface area contributed by atoms with Crippen LogP contribution in [0.2, 0.25) is 5.02 Å². The Kier molecular flexibility index (Phi) is 7.61. The first-order valence-electron chi connectivity index (χ1n) is 11.8. The van der Waals surface area contributed by atoms with E-state index >= 15 is 0 Å². The van der Waals surface area contributed by atoms with E-state index < -0.39 is 46.2 Å². The molecule has 1 N–H and O–H groups in total. The molecule has 4 rings (SSSR count). The highest BCUT2D eigenvalue weighted by Crippen LogP contribution is 2.40. The van der Waals surface area contributed by atoms with Gasteiger partial charge in [-0.15, -0.1) is 0 Å². The molecule has 0 unspecified atom stereocenters. The van der Waals surface area contributed by atoms with E-state index in [0.29, 0.717) is 34.3 Å². The highest BCUT2D eigenvalue weighted by Gasteiger charge is 2.41. The fourth-order valence-electron chi connectivity index (χ4n) is 4.46. The van der Waals surface area contributed by atoms with Gasteiger partial charge in [0.25, 0.3) is 0 Å². The lowest BCUT2D eigenvalue weighted by molar-refractivity contribution is -0.143. The van der Waals surface area contributed by atoms with Crippen molar-refractivity contribution in [3.8, 4) is 0 Å². The van der Waals surface area contributed by atoms with Gasteiger partial charge < -0.3 is 4.90 Å². The number of hydrogen-bond donors (Lipinski definition) is 1. The molecule has 13 heteroatoms. The summed E-state index contributed by atoms with van der Waals surface area (Å²) in [5.74, 6) is -1.38. The molecule has 0 aliphatic rings. The fourth-order valence-corrected chi connectivity index (χ4v) is 4.68. The first-order valence-corrected chi connectivity index (χ1v) is 12.2. The maximum atomic E-state index is 14.0. The van der Waals surface area contributed by atoms with Crippen molar-refractivity contribution >= 4 is 34.2 Å². The molecule has 1 amide bonds. The van der Waals surface area contributed by atoms with E-state index in [9.17, 15) is 35.5 Å². The minimum atomic E-state index is -5.07. The number of pyridine rings is 1. The van der Waals surface area contributed by atoms with Gasteiger partial charge in [0, 0.05) is 12.4 Å². The molecule has 0 spiro atoms. The Labute approximate surface area is 229 Å².